The number of nitrogens with two attached hydrogens (primary N) is 1. The number of aromatic nitrogens is 1. The van der Waals surface area contributed by atoms with Crippen LogP contribution < -0.4 is 5.73 Å². The molecule has 2 heterocycles. The predicted octanol–water partition coefficient (Wildman–Crippen LogP) is 2.51. The van der Waals surface area contributed by atoms with E-state index in [0.29, 0.717) is 31.9 Å². The fraction of sp³-hybridized carbons (Fsp3) is 0.400. The van der Waals surface area contributed by atoms with Gasteiger partial charge < -0.3 is 15.4 Å². The molecule has 2 N–H and O–H groups in total. The molecular weight excluding hydrogens is 333 g/mol. The van der Waals surface area contributed by atoms with E-state index >= 15 is 0 Å². The van der Waals surface area contributed by atoms with Crippen molar-refractivity contribution in [3.8, 4) is 0 Å². The third-order valence-electron chi connectivity index (χ3n) is 4.74. The molecule has 3 rings (SSSR count). The van der Waals surface area contributed by atoms with Gasteiger partial charge in [-0.2, -0.15) is 0 Å². The van der Waals surface area contributed by atoms with Crippen molar-refractivity contribution in [2.75, 3.05) is 25.4 Å². The van der Waals surface area contributed by atoms with Crippen molar-refractivity contribution >= 4 is 11.7 Å². The van der Waals surface area contributed by atoms with Crippen molar-refractivity contribution in [1.29, 1.82) is 0 Å². The Morgan fingerprint density at radius 2 is 2.23 bits per heavy atom. The number of carbonyl (C=O) groups is 1. The predicted molar refractivity (Wildman–Crippen MR) is 98.1 cm³/mol. The quantitative estimate of drug-likeness (QED) is 0.893. The Morgan fingerprint density at radius 3 is 3.00 bits per heavy atom. The summed E-state index contributed by atoms with van der Waals surface area (Å²) in [6.45, 7) is 3.54. The van der Waals surface area contributed by atoms with Gasteiger partial charge in [-0.25, -0.2) is 9.37 Å². The number of benzene rings is 1. The topological polar surface area (TPSA) is 68.5 Å². The number of hydrogen-bond acceptors (Lipinski definition) is 4. The van der Waals surface area contributed by atoms with Gasteiger partial charge in [0.15, 0.2) is 0 Å². The zero-order chi connectivity index (χ0) is 18.5. The lowest BCUT2D eigenvalue weighted by Gasteiger charge is -2.33. The first kappa shape index (κ1) is 18.3. The van der Waals surface area contributed by atoms with E-state index in [4.69, 9.17) is 10.5 Å². The molecule has 0 saturated carbocycles. The number of halogens is 1. The molecule has 0 bridgehead atoms. The largest absolute Gasteiger partial charge is 0.384 e. The zero-order valence-corrected chi connectivity index (χ0v) is 15.0. The van der Waals surface area contributed by atoms with E-state index in [1.807, 2.05) is 24.0 Å². The van der Waals surface area contributed by atoms with Crippen molar-refractivity contribution in [2.45, 2.75) is 32.3 Å². The number of carbonyl (C=O) groups excluding carboxylic acids is 1. The van der Waals surface area contributed by atoms with Crippen molar-refractivity contribution in [3.05, 3.63) is 59.0 Å². The molecule has 26 heavy (non-hydrogen) atoms. The average molecular weight is 357 g/mol. The summed E-state index contributed by atoms with van der Waals surface area (Å²) in [5.74, 6) is 0.293. The van der Waals surface area contributed by atoms with Gasteiger partial charge in [0, 0.05) is 19.3 Å². The monoisotopic (exact) mass is 357 g/mol. The summed E-state index contributed by atoms with van der Waals surface area (Å²) in [5, 5.41) is 0. The molecule has 1 aromatic carbocycles. The second-order valence-corrected chi connectivity index (χ2v) is 6.71. The second kappa shape index (κ2) is 8.27. The van der Waals surface area contributed by atoms with E-state index in [0.717, 1.165) is 29.5 Å². The van der Waals surface area contributed by atoms with E-state index in [1.165, 1.54) is 12.1 Å². The van der Waals surface area contributed by atoms with Gasteiger partial charge in [0.25, 0.3) is 0 Å². The van der Waals surface area contributed by atoms with Gasteiger partial charge >= 0.3 is 0 Å². The highest BCUT2D eigenvalue weighted by atomic mass is 19.1. The number of ether oxygens (including phenoxy) is 1. The van der Waals surface area contributed by atoms with Gasteiger partial charge in [0.1, 0.15) is 11.6 Å². The number of rotatable bonds is 5. The van der Waals surface area contributed by atoms with Crippen LogP contribution in [-0.2, 0) is 22.4 Å². The van der Waals surface area contributed by atoms with Crippen LogP contribution in [0.4, 0.5) is 10.2 Å². The summed E-state index contributed by atoms with van der Waals surface area (Å²) >= 11 is 0. The van der Waals surface area contributed by atoms with Gasteiger partial charge in [-0.15, -0.1) is 0 Å². The molecule has 0 spiro atoms. The highest BCUT2D eigenvalue weighted by molar-refractivity contribution is 5.79. The zero-order valence-electron chi connectivity index (χ0n) is 15.0. The lowest BCUT2D eigenvalue weighted by molar-refractivity contribution is -0.138. The number of nitrogen functional groups attached to an aromatic ring is 1. The van der Waals surface area contributed by atoms with E-state index in [2.05, 4.69) is 4.98 Å². The lowest BCUT2D eigenvalue weighted by atomic mass is 10.0. The fourth-order valence-corrected chi connectivity index (χ4v) is 3.23. The molecule has 1 aromatic heterocycles. The van der Waals surface area contributed by atoms with Gasteiger partial charge in [-0.05, 0) is 60.7 Å². The number of hydrogen-bond donors (Lipinski definition) is 1. The summed E-state index contributed by atoms with van der Waals surface area (Å²) < 4.78 is 19.0. The van der Waals surface area contributed by atoms with Crippen LogP contribution in [0.15, 0.2) is 36.5 Å². The fourth-order valence-electron chi connectivity index (χ4n) is 3.23. The molecule has 1 aliphatic rings. The third-order valence-corrected chi connectivity index (χ3v) is 4.74. The van der Waals surface area contributed by atoms with E-state index in [1.54, 1.807) is 12.3 Å². The Bertz CT molecular complexity index is 781. The molecule has 2 aromatic rings. The molecule has 138 valence electrons. The summed E-state index contributed by atoms with van der Waals surface area (Å²) in [4.78, 5) is 18.5. The van der Waals surface area contributed by atoms with Gasteiger partial charge in [-0.1, -0.05) is 6.07 Å². The van der Waals surface area contributed by atoms with Crippen LogP contribution in [0.3, 0.4) is 0 Å². The van der Waals surface area contributed by atoms with Crippen LogP contribution in [0, 0.1) is 12.7 Å². The Kier molecular flexibility index (Phi) is 5.83. The number of nitrogens with zero attached hydrogens (tertiary/aromatic N) is 2. The number of amides is 1. The Labute approximate surface area is 153 Å². The molecule has 1 atom stereocenters. The summed E-state index contributed by atoms with van der Waals surface area (Å²) in [6.07, 6.45) is 3.66. The standard InChI is InChI=1S/C20H24FN3O2/c1-14-10-17(21)4-3-16(14)12-20(25)24-8-9-26-18(13-24)5-2-15-6-7-23-19(22)11-15/h3-4,6-7,10-11,18H,2,5,8-9,12-13H2,1H3,(H2,22,23)/t18-/m0/s1. The third kappa shape index (κ3) is 4.79. The Balaban J connectivity index is 1.54. The molecular formula is C20H24FN3O2. The minimum Gasteiger partial charge on any atom is -0.384 e. The lowest BCUT2D eigenvalue weighted by Crippen LogP contribution is -2.46. The summed E-state index contributed by atoms with van der Waals surface area (Å²) in [5.41, 5.74) is 8.49. The maximum atomic E-state index is 13.2. The normalized spacial score (nSPS) is 17.3. The minimum absolute atomic E-state index is 0.0106. The maximum Gasteiger partial charge on any atom is 0.227 e. The molecule has 1 aliphatic heterocycles. The van der Waals surface area contributed by atoms with Crippen LogP contribution in [-0.4, -0.2) is 41.6 Å². The average Bonchev–Trinajstić information content (AvgIpc) is 2.62. The number of pyridine rings is 1. The Morgan fingerprint density at radius 1 is 1.38 bits per heavy atom. The van der Waals surface area contributed by atoms with Crippen LogP contribution in [0.25, 0.3) is 0 Å². The van der Waals surface area contributed by atoms with Crippen molar-refractivity contribution in [2.24, 2.45) is 0 Å². The molecule has 0 unspecified atom stereocenters. The van der Waals surface area contributed by atoms with Gasteiger partial charge in [0.05, 0.1) is 19.1 Å². The molecule has 1 fully saturated rings. The number of morpholine rings is 1. The van der Waals surface area contributed by atoms with E-state index < -0.39 is 0 Å². The van der Waals surface area contributed by atoms with Crippen LogP contribution in [0.1, 0.15) is 23.1 Å². The first-order valence-electron chi connectivity index (χ1n) is 8.86. The molecule has 6 heteroatoms. The molecule has 0 aliphatic carbocycles. The first-order valence-corrected chi connectivity index (χ1v) is 8.86. The second-order valence-electron chi connectivity index (χ2n) is 6.71. The van der Waals surface area contributed by atoms with E-state index in [-0.39, 0.29) is 17.8 Å². The summed E-state index contributed by atoms with van der Waals surface area (Å²) in [7, 11) is 0. The Hall–Kier alpha value is -2.47. The van der Waals surface area contributed by atoms with Crippen LogP contribution >= 0.6 is 0 Å². The van der Waals surface area contributed by atoms with Crippen LogP contribution in [0.5, 0.6) is 0 Å². The highest BCUT2D eigenvalue weighted by Crippen LogP contribution is 2.16. The minimum atomic E-state index is -0.276. The molecule has 1 saturated heterocycles. The van der Waals surface area contributed by atoms with Crippen molar-refractivity contribution in [3.63, 3.8) is 0 Å². The molecule has 5 nitrogen and oxygen atoms in total. The van der Waals surface area contributed by atoms with Gasteiger partial charge in [-0.3, -0.25) is 4.79 Å². The van der Waals surface area contributed by atoms with Crippen molar-refractivity contribution < 1.29 is 13.9 Å². The number of aryl methyl sites for hydroxylation is 2. The number of anilines is 1. The van der Waals surface area contributed by atoms with Crippen molar-refractivity contribution in [1.82, 2.24) is 9.88 Å². The molecule has 0 radical (unpaired) electrons. The van der Waals surface area contributed by atoms with Gasteiger partial charge in [0.2, 0.25) is 5.91 Å². The first-order chi connectivity index (χ1) is 12.5. The smallest absolute Gasteiger partial charge is 0.227 e. The SMILES string of the molecule is Cc1cc(F)ccc1CC(=O)N1CCO[C@@H](CCc2ccnc(N)c2)C1. The summed E-state index contributed by atoms with van der Waals surface area (Å²) in [6, 6.07) is 8.36. The highest BCUT2D eigenvalue weighted by Gasteiger charge is 2.24. The van der Waals surface area contributed by atoms with Crippen LogP contribution in [0.2, 0.25) is 0 Å². The van der Waals surface area contributed by atoms with E-state index in [9.17, 15) is 9.18 Å². The molecule has 1 amide bonds. The maximum absolute atomic E-state index is 13.2.